The molecule has 0 radical (unpaired) electrons. The Bertz CT molecular complexity index is 340. The lowest BCUT2D eigenvalue weighted by Gasteiger charge is -2.21. The number of thiazole rings is 1. The highest BCUT2D eigenvalue weighted by Gasteiger charge is 2.18. The van der Waals surface area contributed by atoms with Crippen LogP contribution in [0.2, 0.25) is 0 Å². The molecule has 0 aromatic carbocycles. The second kappa shape index (κ2) is 7.25. The summed E-state index contributed by atoms with van der Waals surface area (Å²) in [5, 5.41) is 6.90. The average Bonchev–Trinajstić information content (AvgIpc) is 2.63. The summed E-state index contributed by atoms with van der Waals surface area (Å²) in [5.74, 6) is 0.935. The molecule has 0 spiro atoms. The normalized spacial score (nSPS) is 19.7. The van der Waals surface area contributed by atoms with Crippen LogP contribution >= 0.6 is 11.3 Å². The van der Waals surface area contributed by atoms with Gasteiger partial charge in [-0.2, -0.15) is 0 Å². The molecule has 2 nitrogen and oxygen atoms in total. The van der Waals surface area contributed by atoms with Gasteiger partial charge in [-0.3, -0.25) is 0 Å². The molecule has 1 fully saturated rings. The van der Waals surface area contributed by atoms with Gasteiger partial charge < -0.3 is 5.32 Å². The van der Waals surface area contributed by atoms with E-state index in [4.69, 9.17) is 0 Å². The van der Waals surface area contributed by atoms with Gasteiger partial charge in [-0.1, -0.05) is 38.5 Å². The summed E-state index contributed by atoms with van der Waals surface area (Å²) in [6.45, 7) is 2.09. The van der Waals surface area contributed by atoms with E-state index in [1.54, 1.807) is 11.3 Å². The number of nitrogens with one attached hydrogen (secondary N) is 1. The quantitative estimate of drug-likeness (QED) is 0.816. The van der Waals surface area contributed by atoms with E-state index < -0.39 is 0 Å². The van der Waals surface area contributed by atoms with Gasteiger partial charge >= 0.3 is 0 Å². The first-order valence-corrected chi connectivity index (χ1v) is 8.24. The van der Waals surface area contributed by atoms with E-state index in [9.17, 15) is 0 Å². The van der Waals surface area contributed by atoms with E-state index in [2.05, 4.69) is 29.7 Å². The predicted octanol–water partition coefficient (Wildman–Crippen LogP) is 3.94. The highest BCUT2D eigenvalue weighted by molar-refractivity contribution is 7.09. The highest BCUT2D eigenvalue weighted by Crippen LogP contribution is 2.27. The van der Waals surface area contributed by atoms with Crippen molar-refractivity contribution in [3.8, 4) is 0 Å². The van der Waals surface area contributed by atoms with Gasteiger partial charge in [0.05, 0.1) is 10.7 Å². The zero-order valence-electron chi connectivity index (χ0n) is 11.7. The first-order valence-electron chi connectivity index (χ1n) is 7.36. The van der Waals surface area contributed by atoms with E-state index in [0.29, 0.717) is 6.04 Å². The summed E-state index contributed by atoms with van der Waals surface area (Å²) in [4.78, 5) is 4.59. The van der Waals surface area contributed by atoms with Crippen LogP contribution in [0.3, 0.4) is 0 Å². The second-order valence-corrected chi connectivity index (χ2v) is 6.70. The summed E-state index contributed by atoms with van der Waals surface area (Å²) in [7, 11) is 2.10. The number of hydrogen-bond acceptors (Lipinski definition) is 3. The van der Waals surface area contributed by atoms with Gasteiger partial charge in [0.1, 0.15) is 0 Å². The minimum Gasteiger partial charge on any atom is -0.317 e. The molecule has 1 atom stereocenters. The molecule has 1 unspecified atom stereocenters. The summed E-state index contributed by atoms with van der Waals surface area (Å²) >= 11 is 1.77. The van der Waals surface area contributed by atoms with Crippen LogP contribution in [0.1, 0.15) is 55.6 Å². The number of hydrogen-bond donors (Lipinski definition) is 1. The van der Waals surface area contributed by atoms with Crippen LogP contribution in [0.15, 0.2) is 5.38 Å². The Labute approximate surface area is 115 Å². The van der Waals surface area contributed by atoms with Crippen LogP contribution in [0.5, 0.6) is 0 Å². The van der Waals surface area contributed by atoms with Crippen molar-refractivity contribution < 1.29 is 0 Å². The van der Waals surface area contributed by atoms with Crippen molar-refractivity contribution in [2.75, 3.05) is 7.05 Å². The van der Waals surface area contributed by atoms with Crippen LogP contribution in [0.4, 0.5) is 0 Å². The monoisotopic (exact) mass is 266 g/mol. The van der Waals surface area contributed by atoms with Crippen molar-refractivity contribution in [2.45, 2.75) is 64.3 Å². The maximum Gasteiger partial charge on any atom is 0.0897 e. The lowest BCUT2D eigenvalue weighted by Crippen LogP contribution is -2.30. The van der Waals surface area contributed by atoms with Gasteiger partial charge in [-0.05, 0) is 26.3 Å². The topological polar surface area (TPSA) is 24.9 Å². The Balaban J connectivity index is 1.84. The molecule has 2 rings (SSSR count). The van der Waals surface area contributed by atoms with E-state index >= 15 is 0 Å². The van der Waals surface area contributed by atoms with Gasteiger partial charge in [-0.15, -0.1) is 11.3 Å². The fraction of sp³-hybridized carbons (Fsp3) is 0.800. The Hall–Kier alpha value is -0.410. The molecule has 1 N–H and O–H groups in total. The molecule has 1 aromatic heterocycles. The number of rotatable bonds is 5. The number of likely N-dealkylation sites (N-methyl/N-ethyl adjacent to an activating group) is 1. The minimum absolute atomic E-state index is 0.606. The number of aryl methyl sites for hydroxylation is 1. The summed E-state index contributed by atoms with van der Waals surface area (Å²) in [5.41, 5.74) is 1.27. The van der Waals surface area contributed by atoms with E-state index in [1.165, 1.54) is 55.6 Å². The molecule has 1 aliphatic carbocycles. The first-order chi connectivity index (χ1) is 8.78. The van der Waals surface area contributed by atoms with E-state index in [0.717, 1.165) is 12.3 Å². The SMILES string of the molecule is CNC(Cc1csc(C)n1)CC1CCCCCC1. The maximum atomic E-state index is 4.59. The zero-order valence-corrected chi connectivity index (χ0v) is 12.6. The molecule has 1 saturated carbocycles. The molecule has 1 heterocycles. The lowest BCUT2D eigenvalue weighted by molar-refractivity contribution is 0.360. The molecular formula is C15H26N2S. The molecule has 1 aliphatic rings. The molecule has 0 amide bonds. The van der Waals surface area contributed by atoms with Crippen LogP contribution in [-0.2, 0) is 6.42 Å². The third kappa shape index (κ3) is 4.36. The number of nitrogens with zero attached hydrogens (tertiary/aromatic N) is 1. The molecule has 3 heteroatoms. The third-order valence-corrected chi connectivity index (χ3v) is 4.95. The average molecular weight is 266 g/mol. The van der Waals surface area contributed by atoms with Crippen LogP contribution < -0.4 is 5.32 Å². The molecule has 18 heavy (non-hydrogen) atoms. The second-order valence-electron chi connectivity index (χ2n) is 5.64. The lowest BCUT2D eigenvalue weighted by atomic mass is 9.91. The fourth-order valence-electron chi connectivity index (χ4n) is 3.06. The minimum atomic E-state index is 0.606. The highest BCUT2D eigenvalue weighted by atomic mass is 32.1. The molecule has 0 aliphatic heterocycles. The van der Waals surface area contributed by atoms with Crippen LogP contribution in [0, 0.1) is 12.8 Å². The largest absolute Gasteiger partial charge is 0.317 e. The van der Waals surface area contributed by atoms with Gasteiger partial charge in [-0.25, -0.2) is 4.98 Å². The van der Waals surface area contributed by atoms with Crippen molar-refractivity contribution in [2.24, 2.45) is 5.92 Å². The summed E-state index contributed by atoms with van der Waals surface area (Å²) in [6, 6.07) is 0.606. The van der Waals surface area contributed by atoms with Crippen LogP contribution in [-0.4, -0.2) is 18.1 Å². The maximum absolute atomic E-state index is 4.59. The molecular weight excluding hydrogens is 240 g/mol. The summed E-state index contributed by atoms with van der Waals surface area (Å²) < 4.78 is 0. The van der Waals surface area contributed by atoms with E-state index in [-0.39, 0.29) is 0 Å². The molecule has 0 bridgehead atoms. The van der Waals surface area contributed by atoms with Crippen LogP contribution in [0.25, 0.3) is 0 Å². The number of aromatic nitrogens is 1. The van der Waals surface area contributed by atoms with Crippen molar-refractivity contribution in [3.63, 3.8) is 0 Å². The predicted molar refractivity (Wildman–Crippen MR) is 79.2 cm³/mol. The van der Waals surface area contributed by atoms with Crippen molar-refractivity contribution in [1.29, 1.82) is 0 Å². The van der Waals surface area contributed by atoms with Crippen molar-refractivity contribution in [3.05, 3.63) is 16.1 Å². The molecule has 102 valence electrons. The smallest absolute Gasteiger partial charge is 0.0897 e. The Kier molecular flexibility index (Phi) is 5.64. The zero-order chi connectivity index (χ0) is 12.8. The van der Waals surface area contributed by atoms with Gasteiger partial charge in [0.2, 0.25) is 0 Å². The molecule has 1 aromatic rings. The van der Waals surface area contributed by atoms with E-state index in [1.807, 2.05) is 0 Å². The summed E-state index contributed by atoms with van der Waals surface area (Å²) in [6.07, 6.45) is 11.1. The van der Waals surface area contributed by atoms with Gasteiger partial charge in [0, 0.05) is 17.8 Å². The van der Waals surface area contributed by atoms with Crippen molar-refractivity contribution >= 4 is 11.3 Å². The fourth-order valence-corrected chi connectivity index (χ4v) is 3.69. The van der Waals surface area contributed by atoms with Gasteiger partial charge in [0.15, 0.2) is 0 Å². The standard InChI is InChI=1S/C15H26N2S/c1-12-17-15(11-18-12)10-14(16-2)9-13-7-5-3-4-6-8-13/h11,13-14,16H,3-10H2,1-2H3. The third-order valence-electron chi connectivity index (χ3n) is 4.12. The first kappa shape index (κ1) is 14.0. The Morgan fingerprint density at radius 1 is 1.33 bits per heavy atom. The molecule has 0 saturated heterocycles. The Morgan fingerprint density at radius 3 is 2.61 bits per heavy atom. The van der Waals surface area contributed by atoms with Crippen molar-refractivity contribution in [1.82, 2.24) is 10.3 Å². The van der Waals surface area contributed by atoms with Gasteiger partial charge in [0.25, 0.3) is 0 Å². The Morgan fingerprint density at radius 2 is 2.06 bits per heavy atom.